The minimum Gasteiger partial charge on any atom is -0.481 e. The van der Waals surface area contributed by atoms with Gasteiger partial charge in [0.1, 0.15) is 0 Å². The Bertz CT molecular complexity index is 662. The second kappa shape index (κ2) is 6.96. The van der Waals surface area contributed by atoms with Crippen molar-refractivity contribution in [3.63, 3.8) is 0 Å². The number of fused-ring (bicyclic) bond motifs is 2. The highest BCUT2D eigenvalue weighted by atomic mass is 79.9. The predicted octanol–water partition coefficient (Wildman–Crippen LogP) is 2.91. The normalized spacial score (nSPS) is 34.1. The number of alkyl halides is 2. The second-order valence-electron chi connectivity index (χ2n) is 6.24. The van der Waals surface area contributed by atoms with Gasteiger partial charge in [0.05, 0.1) is 11.8 Å². The molecule has 0 spiro atoms. The van der Waals surface area contributed by atoms with Gasteiger partial charge >= 0.3 is 11.9 Å². The Morgan fingerprint density at radius 3 is 2.21 bits per heavy atom. The zero-order chi connectivity index (χ0) is 17.4. The molecule has 7 heteroatoms. The molecule has 1 N–H and O–H groups in total. The molecule has 0 amide bonds. The summed E-state index contributed by atoms with van der Waals surface area (Å²) in [6.45, 7) is -0.367. The molecule has 6 atom stereocenters. The molecule has 2 fully saturated rings. The van der Waals surface area contributed by atoms with Crippen LogP contribution in [0.3, 0.4) is 0 Å². The van der Waals surface area contributed by atoms with Crippen LogP contribution in [0.4, 0.5) is 0 Å². The van der Waals surface area contributed by atoms with Crippen LogP contribution in [0.2, 0.25) is 0 Å². The number of aliphatic carboxylic acids is 1. The van der Waals surface area contributed by atoms with Crippen molar-refractivity contribution >= 4 is 49.6 Å². The van der Waals surface area contributed by atoms with Gasteiger partial charge in [-0.1, -0.05) is 62.2 Å². The van der Waals surface area contributed by atoms with E-state index in [9.17, 15) is 19.5 Å². The van der Waals surface area contributed by atoms with E-state index in [4.69, 9.17) is 4.74 Å². The number of hydrogen-bond acceptors (Lipinski definition) is 4. The van der Waals surface area contributed by atoms with Gasteiger partial charge in [-0.05, 0) is 18.3 Å². The molecule has 5 nitrogen and oxygen atoms in total. The van der Waals surface area contributed by atoms with Crippen LogP contribution in [0.25, 0.3) is 0 Å². The van der Waals surface area contributed by atoms with Gasteiger partial charge in [0, 0.05) is 15.2 Å². The number of esters is 1. The smallest absolute Gasteiger partial charge is 0.310 e. The van der Waals surface area contributed by atoms with Crippen LogP contribution in [0.1, 0.15) is 16.8 Å². The second-order valence-corrected chi connectivity index (χ2v) is 8.35. The summed E-state index contributed by atoms with van der Waals surface area (Å²) in [4.78, 5) is 36.2. The third-order valence-corrected chi connectivity index (χ3v) is 8.18. The van der Waals surface area contributed by atoms with Crippen molar-refractivity contribution in [2.24, 2.45) is 23.7 Å². The summed E-state index contributed by atoms with van der Waals surface area (Å²) in [7, 11) is 0. The van der Waals surface area contributed by atoms with E-state index < -0.39 is 23.8 Å². The highest BCUT2D eigenvalue weighted by Crippen LogP contribution is 2.57. The van der Waals surface area contributed by atoms with Crippen molar-refractivity contribution in [3.05, 3.63) is 35.9 Å². The van der Waals surface area contributed by atoms with Gasteiger partial charge < -0.3 is 9.84 Å². The fourth-order valence-corrected chi connectivity index (χ4v) is 5.74. The summed E-state index contributed by atoms with van der Waals surface area (Å²) >= 11 is 7.07. The molecule has 3 rings (SSSR count). The molecule has 2 aliphatic carbocycles. The molecule has 0 heterocycles. The fraction of sp³-hybridized carbons (Fsp3) is 0.471. The molecule has 24 heavy (non-hydrogen) atoms. The maximum absolute atomic E-state index is 12.5. The zero-order valence-corrected chi connectivity index (χ0v) is 15.8. The minimum absolute atomic E-state index is 0.0265. The lowest BCUT2D eigenvalue weighted by Gasteiger charge is -2.32. The van der Waals surface area contributed by atoms with E-state index in [1.165, 1.54) is 0 Å². The van der Waals surface area contributed by atoms with Gasteiger partial charge in [0.2, 0.25) is 0 Å². The number of carbonyl (C=O) groups is 3. The van der Waals surface area contributed by atoms with Crippen LogP contribution in [0, 0.1) is 23.7 Å². The predicted molar refractivity (Wildman–Crippen MR) is 93.4 cm³/mol. The van der Waals surface area contributed by atoms with Gasteiger partial charge in [0.15, 0.2) is 12.4 Å². The lowest BCUT2D eigenvalue weighted by atomic mass is 9.79. The molecule has 0 saturated heterocycles. The molecular weight excluding hydrogens is 444 g/mol. The summed E-state index contributed by atoms with van der Waals surface area (Å²) < 4.78 is 5.17. The summed E-state index contributed by atoms with van der Waals surface area (Å²) in [6.07, 6.45) is 0.662. The van der Waals surface area contributed by atoms with E-state index in [0.29, 0.717) is 12.0 Å². The molecule has 0 aromatic heterocycles. The van der Waals surface area contributed by atoms with Crippen molar-refractivity contribution in [2.45, 2.75) is 16.1 Å². The third-order valence-electron chi connectivity index (χ3n) is 4.97. The molecular formula is C17H16Br2O5. The standard InChI is InChI=1S/C17H16Br2O5/c18-14-9-6-10(15(14)19)13(12(9)16(21)22)17(23)24-7-11(20)8-4-2-1-3-5-8/h1-5,9-10,12-15H,6-7H2,(H,21,22)/t9-,10-,12-,13-,14-,15+/m0/s1. The average molecular weight is 460 g/mol. The maximum Gasteiger partial charge on any atom is 0.310 e. The van der Waals surface area contributed by atoms with Crippen molar-refractivity contribution < 1.29 is 24.2 Å². The number of carboxylic acid groups (broad SMARTS) is 1. The quantitative estimate of drug-likeness (QED) is 0.416. The van der Waals surface area contributed by atoms with Crippen molar-refractivity contribution in [1.82, 2.24) is 0 Å². The number of halogens is 2. The number of ether oxygens (including phenoxy) is 1. The van der Waals surface area contributed by atoms with Gasteiger partial charge in [-0.15, -0.1) is 0 Å². The summed E-state index contributed by atoms with van der Waals surface area (Å²) in [5.41, 5.74) is 0.465. The topological polar surface area (TPSA) is 80.7 Å². The highest BCUT2D eigenvalue weighted by Gasteiger charge is 2.62. The Morgan fingerprint density at radius 2 is 1.62 bits per heavy atom. The van der Waals surface area contributed by atoms with Gasteiger partial charge in [-0.3, -0.25) is 14.4 Å². The first kappa shape index (κ1) is 17.6. The third kappa shape index (κ3) is 3.04. The number of hydrogen-bond donors (Lipinski definition) is 1. The Kier molecular flexibility index (Phi) is 5.11. The van der Waals surface area contributed by atoms with E-state index >= 15 is 0 Å². The number of rotatable bonds is 5. The lowest BCUT2D eigenvalue weighted by molar-refractivity contribution is -0.159. The van der Waals surface area contributed by atoms with Crippen molar-refractivity contribution in [1.29, 1.82) is 0 Å². The summed E-state index contributed by atoms with van der Waals surface area (Å²) in [5.74, 6) is -3.57. The SMILES string of the molecule is O=C(COC(=O)[C@H]1[C@@H]2C[C@H]([C@H](Br)[C@@H]2Br)[C@@H]1C(=O)O)c1ccccc1. The van der Waals surface area contributed by atoms with Crippen LogP contribution >= 0.6 is 31.9 Å². The molecule has 2 saturated carbocycles. The van der Waals surface area contributed by atoms with Gasteiger partial charge in [0.25, 0.3) is 0 Å². The van der Waals surface area contributed by atoms with Crippen molar-refractivity contribution in [3.8, 4) is 0 Å². The Hall–Kier alpha value is -1.21. The Labute approximate surface area is 156 Å². The Morgan fingerprint density at radius 1 is 1.04 bits per heavy atom. The van der Waals surface area contributed by atoms with E-state index in [1.807, 2.05) is 0 Å². The number of carboxylic acids is 1. The fourth-order valence-electron chi connectivity index (χ4n) is 3.87. The van der Waals surface area contributed by atoms with E-state index in [-0.39, 0.29) is 33.9 Å². The number of Topliss-reactive ketones (excluding diaryl/α,β-unsaturated/α-hetero) is 1. The molecule has 128 valence electrons. The van der Waals surface area contributed by atoms with Crippen LogP contribution in [-0.2, 0) is 14.3 Å². The Balaban J connectivity index is 1.68. The van der Waals surface area contributed by atoms with Crippen LogP contribution in [-0.4, -0.2) is 39.1 Å². The number of benzene rings is 1. The minimum atomic E-state index is -0.984. The van der Waals surface area contributed by atoms with E-state index in [2.05, 4.69) is 31.9 Å². The highest BCUT2D eigenvalue weighted by molar-refractivity contribution is 9.12. The summed E-state index contributed by atoms with van der Waals surface area (Å²) in [5, 5.41) is 9.50. The first-order chi connectivity index (χ1) is 11.4. The maximum atomic E-state index is 12.5. The molecule has 1 aromatic carbocycles. The molecule has 0 unspecified atom stereocenters. The van der Waals surface area contributed by atoms with Crippen LogP contribution in [0.15, 0.2) is 30.3 Å². The average Bonchev–Trinajstić information content (AvgIpc) is 3.10. The molecule has 1 aromatic rings. The van der Waals surface area contributed by atoms with Gasteiger partial charge in [-0.2, -0.15) is 0 Å². The number of carbonyl (C=O) groups excluding carboxylic acids is 2. The lowest BCUT2D eigenvalue weighted by Crippen LogP contribution is -2.44. The van der Waals surface area contributed by atoms with Crippen LogP contribution < -0.4 is 0 Å². The molecule has 0 radical (unpaired) electrons. The van der Waals surface area contributed by atoms with Crippen LogP contribution in [0.5, 0.6) is 0 Å². The van der Waals surface area contributed by atoms with E-state index in [0.717, 1.165) is 0 Å². The zero-order valence-electron chi connectivity index (χ0n) is 12.6. The monoisotopic (exact) mass is 458 g/mol. The number of ketones is 1. The molecule has 0 aliphatic heterocycles. The van der Waals surface area contributed by atoms with Gasteiger partial charge in [-0.25, -0.2) is 0 Å². The summed E-state index contributed by atoms with van der Waals surface area (Å²) in [6, 6.07) is 8.56. The van der Waals surface area contributed by atoms with Crippen molar-refractivity contribution in [2.75, 3.05) is 6.61 Å². The van der Waals surface area contributed by atoms with E-state index in [1.54, 1.807) is 30.3 Å². The largest absolute Gasteiger partial charge is 0.481 e. The first-order valence-electron chi connectivity index (χ1n) is 7.67. The molecule has 2 aliphatic rings. The first-order valence-corrected chi connectivity index (χ1v) is 9.50. The molecule has 2 bridgehead atoms.